The first-order valence-corrected chi connectivity index (χ1v) is 4.34. The van der Waals surface area contributed by atoms with Gasteiger partial charge >= 0.3 is 0 Å². The average molecular weight is 188 g/mol. The molecule has 0 aliphatic rings. The Morgan fingerprint density at radius 1 is 1.29 bits per heavy atom. The van der Waals surface area contributed by atoms with E-state index in [-0.39, 0.29) is 0 Å². The van der Waals surface area contributed by atoms with E-state index >= 15 is 0 Å². The number of nitrogen functional groups attached to an aromatic ring is 2. The van der Waals surface area contributed by atoms with Gasteiger partial charge in [0.2, 0.25) is 0 Å². The van der Waals surface area contributed by atoms with Crippen LogP contribution in [0.5, 0.6) is 0 Å². The monoisotopic (exact) mass is 188 g/mol. The molecule has 14 heavy (non-hydrogen) atoms. The number of fused-ring (bicyclic) bond motifs is 1. The average Bonchev–Trinajstić information content (AvgIpc) is 2.17. The minimum absolute atomic E-state index is 0.726. The van der Waals surface area contributed by atoms with Gasteiger partial charge in [-0.3, -0.25) is 10.8 Å². The number of benzene rings is 1. The van der Waals surface area contributed by atoms with Crippen molar-refractivity contribution in [1.82, 2.24) is 4.98 Å². The molecular formula is C10H12N4. The van der Waals surface area contributed by atoms with Crippen molar-refractivity contribution in [3.63, 3.8) is 0 Å². The molecule has 72 valence electrons. The van der Waals surface area contributed by atoms with Crippen molar-refractivity contribution < 1.29 is 0 Å². The Morgan fingerprint density at radius 3 is 2.79 bits per heavy atom. The summed E-state index contributed by atoms with van der Waals surface area (Å²) in [5, 5.41) is 0.922. The highest BCUT2D eigenvalue weighted by molar-refractivity contribution is 5.92. The molecule has 0 saturated carbocycles. The highest BCUT2D eigenvalue weighted by Crippen LogP contribution is 2.23. The van der Waals surface area contributed by atoms with Gasteiger partial charge in [0.25, 0.3) is 0 Å². The molecule has 1 aromatic heterocycles. The Morgan fingerprint density at radius 2 is 2.07 bits per heavy atom. The van der Waals surface area contributed by atoms with Crippen molar-refractivity contribution in [3.05, 3.63) is 30.0 Å². The lowest BCUT2D eigenvalue weighted by Gasteiger charge is -2.05. The highest BCUT2D eigenvalue weighted by Gasteiger charge is 2.01. The molecule has 0 unspecified atom stereocenters. The minimum atomic E-state index is 0.726. The fourth-order valence-electron chi connectivity index (χ4n) is 1.48. The predicted octanol–water partition coefficient (Wildman–Crippen LogP) is 1.41. The summed E-state index contributed by atoms with van der Waals surface area (Å²) >= 11 is 0. The van der Waals surface area contributed by atoms with Crippen LogP contribution in [0.1, 0.15) is 5.69 Å². The smallest absolute Gasteiger partial charge is 0.0727 e. The zero-order valence-corrected chi connectivity index (χ0v) is 7.91. The van der Waals surface area contributed by atoms with Gasteiger partial charge < -0.3 is 11.2 Å². The topological polar surface area (TPSA) is 77.0 Å². The van der Waals surface area contributed by atoms with Gasteiger partial charge in [-0.05, 0) is 31.2 Å². The maximum absolute atomic E-state index is 5.87. The van der Waals surface area contributed by atoms with E-state index < -0.39 is 0 Å². The van der Waals surface area contributed by atoms with Gasteiger partial charge in [0, 0.05) is 22.5 Å². The van der Waals surface area contributed by atoms with E-state index in [2.05, 4.69) is 10.4 Å². The predicted molar refractivity (Wildman–Crippen MR) is 58.7 cm³/mol. The van der Waals surface area contributed by atoms with Crippen LogP contribution >= 0.6 is 0 Å². The highest BCUT2D eigenvalue weighted by atomic mass is 15.2. The van der Waals surface area contributed by atoms with E-state index in [1.54, 1.807) is 0 Å². The van der Waals surface area contributed by atoms with Crippen LogP contribution in [0, 0.1) is 6.92 Å². The third-order valence-electron chi connectivity index (χ3n) is 2.14. The van der Waals surface area contributed by atoms with E-state index in [9.17, 15) is 0 Å². The van der Waals surface area contributed by atoms with Crippen LogP contribution in [0.4, 0.5) is 11.4 Å². The second-order valence-electron chi connectivity index (χ2n) is 3.23. The van der Waals surface area contributed by atoms with E-state index in [0.717, 1.165) is 28.0 Å². The zero-order chi connectivity index (χ0) is 10.1. The number of nitrogens with zero attached hydrogens (tertiary/aromatic N) is 1. The Balaban J connectivity index is 2.75. The third kappa shape index (κ3) is 1.36. The Labute approximate surface area is 81.9 Å². The van der Waals surface area contributed by atoms with E-state index in [0.29, 0.717) is 0 Å². The first-order chi connectivity index (χ1) is 6.70. The molecule has 0 amide bonds. The molecule has 2 aromatic rings. The number of rotatable bonds is 1. The normalized spacial score (nSPS) is 10.4. The van der Waals surface area contributed by atoms with Gasteiger partial charge in [-0.25, -0.2) is 0 Å². The molecule has 0 bridgehead atoms. The molecule has 4 nitrogen and oxygen atoms in total. The number of hydrogen-bond acceptors (Lipinski definition) is 4. The summed E-state index contributed by atoms with van der Waals surface area (Å²) in [6.45, 7) is 1.92. The first-order valence-electron chi connectivity index (χ1n) is 4.34. The minimum Gasteiger partial charge on any atom is -0.398 e. The number of aromatic nitrogens is 1. The van der Waals surface area contributed by atoms with Crippen molar-refractivity contribution in [1.29, 1.82) is 0 Å². The van der Waals surface area contributed by atoms with Gasteiger partial charge in [-0.15, -0.1) is 0 Å². The molecule has 0 radical (unpaired) electrons. The molecule has 0 spiro atoms. The summed E-state index contributed by atoms with van der Waals surface area (Å²) in [4.78, 5) is 4.36. The molecule has 2 rings (SSSR count). The summed E-state index contributed by atoms with van der Waals surface area (Å²) in [6.07, 6.45) is 0. The summed E-state index contributed by atoms with van der Waals surface area (Å²) in [6, 6.07) is 7.50. The summed E-state index contributed by atoms with van der Waals surface area (Å²) in [5.74, 6) is 5.31. The lowest BCUT2D eigenvalue weighted by molar-refractivity contribution is 1.25. The van der Waals surface area contributed by atoms with Crippen molar-refractivity contribution in [2.24, 2.45) is 5.84 Å². The van der Waals surface area contributed by atoms with Crippen LogP contribution in [-0.4, -0.2) is 4.98 Å². The number of pyridine rings is 1. The molecule has 0 aliphatic carbocycles. The van der Waals surface area contributed by atoms with Gasteiger partial charge in [0.15, 0.2) is 0 Å². The summed E-state index contributed by atoms with van der Waals surface area (Å²) < 4.78 is 0. The van der Waals surface area contributed by atoms with Crippen molar-refractivity contribution in [2.45, 2.75) is 6.92 Å². The van der Waals surface area contributed by atoms with Crippen molar-refractivity contribution in [2.75, 3.05) is 11.2 Å². The van der Waals surface area contributed by atoms with Gasteiger partial charge in [-0.1, -0.05) is 0 Å². The number of aryl methyl sites for hydroxylation is 1. The molecule has 1 aromatic carbocycles. The van der Waals surface area contributed by atoms with Gasteiger partial charge in [0.1, 0.15) is 0 Å². The van der Waals surface area contributed by atoms with E-state index in [4.69, 9.17) is 11.6 Å². The van der Waals surface area contributed by atoms with E-state index in [1.165, 1.54) is 0 Å². The van der Waals surface area contributed by atoms with Gasteiger partial charge in [-0.2, -0.15) is 0 Å². The molecule has 0 aliphatic heterocycles. The third-order valence-corrected chi connectivity index (χ3v) is 2.14. The fraction of sp³-hybridized carbons (Fsp3) is 0.100. The van der Waals surface area contributed by atoms with Crippen LogP contribution in [0.25, 0.3) is 10.9 Å². The van der Waals surface area contributed by atoms with Crippen LogP contribution < -0.4 is 17.0 Å². The van der Waals surface area contributed by atoms with Crippen LogP contribution in [-0.2, 0) is 0 Å². The Bertz CT molecular complexity index is 479. The SMILES string of the molecule is Cc1cc(N)c2cc(NN)ccc2n1. The van der Waals surface area contributed by atoms with Crippen LogP contribution in [0.2, 0.25) is 0 Å². The fourth-order valence-corrected chi connectivity index (χ4v) is 1.48. The lowest BCUT2D eigenvalue weighted by Crippen LogP contribution is -2.06. The number of nitrogens with one attached hydrogen (secondary N) is 1. The number of hydrogen-bond donors (Lipinski definition) is 3. The second kappa shape index (κ2) is 3.16. The molecule has 0 saturated heterocycles. The molecular weight excluding hydrogens is 176 g/mol. The molecule has 1 heterocycles. The second-order valence-corrected chi connectivity index (χ2v) is 3.23. The molecule has 0 atom stereocenters. The van der Waals surface area contributed by atoms with Crippen molar-refractivity contribution >= 4 is 22.3 Å². The number of anilines is 2. The summed E-state index contributed by atoms with van der Waals surface area (Å²) in [7, 11) is 0. The van der Waals surface area contributed by atoms with Crippen LogP contribution in [0.15, 0.2) is 24.3 Å². The first kappa shape index (κ1) is 8.77. The Kier molecular flexibility index (Phi) is 1.98. The molecule has 4 heteroatoms. The quantitative estimate of drug-likeness (QED) is 0.467. The van der Waals surface area contributed by atoms with Crippen LogP contribution in [0.3, 0.4) is 0 Å². The van der Waals surface area contributed by atoms with Crippen molar-refractivity contribution in [3.8, 4) is 0 Å². The number of hydrazine groups is 1. The maximum atomic E-state index is 5.87. The number of nitrogens with two attached hydrogens (primary N) is 2. The molecule has 0 fully saturated rings. The zero-order valence-electron chi connectivity index (χ0n) is 7.91. The Hall–Kier alpha value is -1.81. The van der Waals surface area contributed by atoms with E-state index in [1.807, 2.05) is 31.2 Å². The largest absolute Gasteiger partial charge is 0.398 e. The lowest BCUT2D eigenvalue weighted by atomic mass is 10.1. The summed E-state index contributed by atoms with van der Waals surface area (Å²) in [5.41, 5.74) is 11.8. The standard InChI is InChI=1S/C10H12N4/c1-6-4-9(11)8-5-7(14-12)2-3-10(8)13-6/h2-5,14H,12H2,1H3,(H2,11,13). The maximum Gasteiger partial charge on any atom is 0.0727 e. The molecule has 5 N–H and O–H groups in total. The van der Waals surface area contributed by atoms with Gasteiger partial charge in [0.05, 0.1) is 5.52 Å².